The zero-order chi connectivity index (χ0) is 18.5. The molecule has 1 amide bonds. The van der Waals surface area contributed by atoms with Crippen molar-refractivity contribution in [2.75, 3.05) is 0 Å². The van der Waals surface area contributed by atoms with Crippen LogP contribution in [0.2, 0.25) is 0 Å². The van der Waals surface area contributed by atoms with Crippen LogP contribution in [0.25, 0.3) is 0 Å². The van der Waals surface area contributed by atoms with Crippen molar-refractivity contribution in [1.29, 1.82) is 0 Å². The number of hydrogen-bond acceptors (Lipinski definition) is 5. The van der Waals surface area contributed by atoms with Gasteiger partial charge in [-0.15, -0.1) is 0 Å². The number of nitrogens with zero attached hydrogens (tertiary/aromatic N) is 3. The van der Waals surface area contributed by atoms with Crippen molar-refractivity contribution in [2.45, 2.75) is 20.0 Å². The van der Waals surface area contributed by atoms with Gasteiger partial charge in [-0.05, 0) is 42.8 Å². The van der Waals surface area contributed by atoms with E-state index in [0.29, 0.717) is 23.4 Å². The van der Waals surface area contributed by atoms with Gasteiger partial charge in [-0.1, -0.05) is 6.07 Å². The number of carbonyl (C=O) groups excluding carboxylic acids is 1. The molecule has 26 heavy (non-hydrogen) atoms. The van der Waals surface area contributed by atoms with E-state index in [4.69, 9.17) is 4.42 Å². The SMILES string of the molecule is Cc1cc(C(=O)N(Cc2cccnc2)Cc2ccco2)ccc1[N+](=O)[O-]. The topological polar surface area (TPSA) is 89.5 Å². The van der Waals surface area contributed by atoms with Crippen LogP contribution in [-0.2, 0) is 13.1 Å². The Morgan fingerprint density at radius 3 is 2.69 bits per heavy atom. The van der Waals surface area contributed by atoms with E-state index >= 15 is 0 Å². The number of aryl methyl sites for hydroxylation is 1. The second-order valence-corrected chi connectivity index (χ2v) is 5.86. The zero-order valence-electron chi connectivity index (χ0n) is 14.2. The lowest BCUT2D eigenvalue weighted by molar-refractivity contribution is -0.385. The molecule has 0 bridgehead atoms. The molecule has 7 nitrogen and oxygen atoms in total. The third-order valence-electron chi connectivity index (χ3n) is 3.95. The highest BCUT2D eigenvalue weighted by atomic mass is 16.6. The Balaban J connectivity index is 1.88. The van der Waals surface area contributed by atoms with Crippen LogP contribution in [0.15, 0.2) is 65.5 Å². The summed E-state index contributed by atoms with van der Waals surface area (Å²) in [6, 6.07) is 11.6. The van der Waals surface area contributed by atoms with Gasteiger partial charge in [-0.25, -0.2) is 0 Å². The van der Waals surface area contributed by atoms with E-state index in [1.54, 1.807) is 54.7 Å². The van der Waals surface area contributed by atoms with E-state index in [-0.39, 0.29) is 18.1 Å². The predicted octanol–water partition coefficient (Wildman–Crippen LogP) is 3.73. The van der Waals surface area contributed by atoms with Crippen LogP contribution in [0.1, 0.15) is 27.2 Å². The number of nitro groups is 1. The van der Waals surface area contributed by atoms with Crippen LogP contribution in [0.4, 0.5) is 5.69 Å². The van der Waals surface area contributed by atoms with E-state index < -0.39 is 4.92 Å². The first-order valence-electron chi connectivity index (χ1n) is 8.00. The van der Waals surface area contributed by atoms with E-state index in [1.165, 1.54) is 12.1 Å². The summed E-state index contributed by atoms with van der Waals surface area (Å²) in [5.41, 5.74) is 1.71. The minimum Gasteiger partial charge on any atom is -0.467 e. The zero-order valence-corrected chi connectivity index (χ0v) is 14.2. The van der Waals surface area contributed by atoms with Crippen LogP contribution < -0.4 is 0 Å². The number of nitro benzene ring substituents is 1. The molecule has 0 unspecified atom stereocenters. The normalized spacial score (nSPS) is 10.5. The summed E-state index contributed by atoms with van der Waals surface area (Å²) in [4.78, 5) is 29.2. The molecule has 0 aliphatic rings. The average Bonchev–Trinajstić information content (AvgIpc) is 3.14. The van der Waals surface area contributed by atoms with Crippen molar-refractivity contribution >= 4 is 11.6 Å². The molecule has 0 N–H and O–H groups in total. The minimum atomic E-state index is -0.458. The molecule has 3 aromatic rings. The molecule has 0 atom stereocenters. The quantitative estimate of drug-likeness (QED) is 0.498. The number of pyridine rings is 1. The Kier molecular flexibility index (Phi) is 5.07. The summed E-state index contributed by atoms with van der Waals surface area (Å²) >= 11 is 0. The monoisotopic (exact) mass is 351 g/mol. The molecule has 0 radical (unpaired) electrons. The largest absolute Gasteiger partial charge is 0.467 e. The van der Waals surface area contributed by atoms with Gasteiger partial charge in [0, 0.05) is 36.1 Å². The first-order valence-corrected chi connectivity index (χ1v) is 8.00. The summed E-state index contributed by atoms with van der Waals surface area (Å²) in [7, 11) is 0. The number of hydrogen-bond donors (Lipinski definition) is 0. The van der Waals surface area contributed by atoms with Gasteiger partial charge in [0.25, 0.3) is 11.6 Å². The number of furan rings is 1. The number of rotatable bonds is 6. The van der Waals surface area contributed by atoms with Gasteiger partial charge >= 0.3 is 0 Å². The minimum absolute atomic E-state index is 0.00797. The van der Waals surface area contributed by atoms with Gasteiger partial charge < -0.3 is 9.32 Å². The first kappa shape index (κ1) is 17.3. The van der Waals surface area contributed by atoms with E-state index in [9.17, 15) is 14.9 Å². The number of carbonyl (C=O) groups is 1. The molecular weight excluding hydrogens is 334 g/mol. The Hall–Kier alpha value is -3.48. The summed E-state index contributed by atoms with van der Waals surface area (Å²) in [5.74, 6) is 0.420. The second kappa shape index (κ2) is 7.60. The molecule has 2 heterocycles. The summed E-state index contributed by atoms with van der Waals surface area (Å²) < 4.78 is 5.36. The molecule has 0 saturated heterocycles. The van der Waals surface area contributed by atoms with E-state index in [0.717, 1.165) is 5.56 Å². The smallest absolute Gasteiger partial charge is 0.272 e. The van der Waals surface area contributed by atoms with Gasteiger partial charge in [0.15, 0.2) is 0 Å². The highest BCUT2D eigenvalue weighted by Crippen LogP contribution is 2.21. The van der Waals surface area contributed by atoms with Crippen molar-refractivity contribution in [2.24, 2.45) is 0 Å². The van der Waals surface area contributed by atoms with E-state index in [2.05, 4.69) is 4.98 Å². The van der Waals surface area contributed by atoms with Crippen LogP contribution in [0.5, 0.6) is 0 Å². The van der Waals surface area contributed by atoms with Crippen molar-refractivity contribution < 1.29 is 14.1 Å². The maximum atomic E-state index is 13.0. The fourth-order valence-electron chi connectivity index (χ4n) is 2.68. The molecule has 0 spiro atoms. The maximum Gasteiger partial charge on any atom is 0.272 e. The Morgan fingerprint density at radius 1 is 1.23 bits per heavy atom. The second-order valence-electron chi connectivity index (χ2n) is 5.86. The summed E-state index contributed by atoms with van der Waals surface area (Å²) in [5, 5.41) is 11.0. The maximum absolute atomic E-state index is 13.0. The lowest BCUT2D eigenvalue weighted by Crippen LogP contribution is -2.30. The standard InChI is InChI=1S/C19H17N3O4/c1-14-10-16(6-7-18(14)22(24)25)19(23)21(13-17-5-3-9-26-17)12-15-4-2-8-20-11-15/h2-11H,12-13H2,1H3. The Labute approximate surface area is 150 Å². The lowest BCUT2D eigenvalue weighted by Gasteiger charge is -2.22. The highest BCUT2D eigenvalue weighted by molar-refractivity contribution is 5.94. The Morgan fingerprint density at radius 2 is 2.08 bits per heavy atom. The third-order valence-corrected chi connectivity index (χ3v) is 3.95. The van der Waals surface area contributed by atoms with E-state index in [1.807, 2.05) is 6.07 Å². The first-order chi connectivity index (χ1) is 12.5. The van der Waals surface area contributed by atoms with Crippen LogP contribution >= 0.6 is 0 Å². The molecule has 7 heteroatoms. The molecule has 0 saturated carbocycles. The van der Waals surface area contributed by atoms with Crippen molar-refractivity contribution in [3.05, 3.63) is 93.7 Å². The predicted molar refractivity (Wildman–Crippen MR) is 94.4 cm³/mol. The molecule has 0 aliphatic carbocycles. The van der Waals surface area contributed by atoms with Gasteiger partial charge in [-0.2, -0.15) is 0 Å². The fraction of sp³-hybridized carbons (Fsp3) is 0.158. The van der Waals surface area contributed by atoms with Crippen molar-refractivity contribution in [3.63, 3.8) is 0 Å². The number of benzene rings is 1. The van der Waals surface area contributed by atoms with Gasteiger partial charge in [-0.3, -0.25) is 19.9 Å². The molecule has 0 aliphatic heterocycles. The van der Waals surface area contributed by atoms with Gasteiger partial charge in [0.2, 0.25) is 0 Å². The summed E-state index contributed by atoms with van der Waals surface area (Å²) in [6.07, 6.45) is 4.92. The number of amides is 1. The van der Waals surface area contributed by atoms with Crippen molar-refractivity contribution in [1.82, 2.24) is 9.88 Å². The molecule has 3 rings (SSSR count). The van der Waals surface area contributed by atoms with Crippen LogP contribution in [0.3, 0.4) is 0 Å². The fourth-order valence-corrected chi connectivity index (χ4v) is 2.68. The number of aromatic nitrogens is 1. The van der Waals surface area contributed by atoms with Crippen molar-refractivity contribution in [3.8, 4) is 0 Å². The highest BCUT2D eigenvalue weighted by Gasteiger charge is 2.20. The summed E-state index contributed by atoms with van der Waals surface area (Å²) in [6.45, 7) is 2.26. The average molecular weight is 351 g/mol. The third kappa shape index (κ3) is 3.94. The lowest BCUT2D eigenvalue weighted by atomic mass is 10.1. The van der Waals surface area contributed by atoms with Gasteiger partial charge in [0.05, 0.1) is 17.7 Å². The molecule has 132 valence electrons. The molecular formula is C19H17N3O4. The molecule has 2 aromatic heterocycles. The molecule has 0 fully saturated rings. The van der Waals surface area contributed by atoms with Crippen LogP contribution in [0, 0.1) is 17.0 Å². The molecule has 1 aromatic carbocycles. The van der Waals surface area contributed by atoms with Crippen LogP contribution in [-0.4, -0.2) is 20.7 Å². The van der Waals surface area contributed by atoms with Gasteiger partial charge in [0.1, 0.15) is 5.76 Å². The Bertz CT molecular complexity index is 908.